The van der Waals surface area contributed by atoms with E-state index in [1.807, 2.05) is 18.2 Å². The Hall–Kier alpha value is -2.07. The normalized spacial score (nSPS) is 10.8. The fraction of sp³-hybridized carbons (Fsp3) is 0.133. The monoisotopic (exact) mass is 270 g/mol. The van der Waals surface area contributed by atoms with E-state index in [0.29, 0.717) is 11.4 Å². The number of hydrogen-bond acceptors (Lipinski definition) is 4. The molecule has 1 heterocycles. The third-order valence-corrected chi connectivity index (χ3v) is 4.09. The fourth-order valence-electron chi connectivity index (χ4n) is 2.02. The topological polar surface area (TPSA) is 48.1 Å². The van der Waals surface area contributed by atoms with Crippen LogP contribution in [0.15, 0.2) is 36.4 Å². The smallest absolute Gasteiger partial charge is 0.141 e. The van der Waals surface area contributed by atoms with Gasteiger partial charge in [-0.25, -0.2) is 4.98 Å². The average Bonchev–Trinajstić information content (AvgIpc) is 2.81. The van der Waals surface area contributed by atoms with Crippen LogP contribution in [-0.2, 0) is 0 Å². The van der Waals surface area contributed by atoms with Crippen LogP contribution >= 0.6 is 11.3 Å². The second-order valence-electron chi connectivity index (χ2n) is 4.45. The van der Waals surface area contributed by atoms with E-state index < -0.39 is 0 Å². The first-order valence-corrected chi connectivity index (χ1v) is 6.80. The van der Waals surface area contributed by atoms with Gasteiger partial charge >= 0.3 is 0 Å². The zero-order chi connectivity index (χ0) is 13.4. The Morgan fingerprint density at radius 3 is 2.74 bits per heavy atom. The van der Waals surface area contributed by atoms with Crippen LogP contribution in [0.25, 0.3) is 20.8 Å². The molecule has 0 aliphatic carbocycles. The molecule has 3 aromatic rings. The number of nitrogens with two attached hydrogens (primary N) is 1. The lowest BCUT2D eigenvalue weighted by Gasteiger charge is -2.04. The van der Waals surface area contributed by atoms with Crippen molar-refractivity contribution in [1.29, 1.82) is 0 Å². The minimum absolute atomic E-state index is 0.635. The summed E-state index contributed by atoms with van der Waals surface area (Å²) in [6.45, 7) is 2.09. The largest absolute Gasteiger partial charge is 0.495 e. The number of aromatic nitrogens is 1. The summed E-state index contributed by atoms with van der Waals surface area (Å²) in [5, 5.41) is 0.981. The Bertz CT molecular complexity index is 749. The summed E-state index contributed by atoms with van der Waals surface area (Å²) < 4.78 is 6.37. The number of thiazole rings is 1. The zero-order valence-corrected chi connectivity index (χ0v) is 11.6. The van der Waals surface area contributed by atoms with Crippen molar-refractivity contribution in [2.75, 3.05) is 12.8 Å². The molecule has 96 valence electrons. The third-order valence-electron chi connectivity index (χ3n) is 3.02. The first-order chi connectivity index (χ1) is 9.17. The summed E-state index contributed by atoms with van der Waals surface area (Å²) in [5.74, 6) is 0.695. The summed E-state index contributed by atoms with van der Waals surface area (Å²) in [6.07, 6.45) is 0. The van der Waals surface area contributed by atoms with Gasteiger partial charge in [-0.3, -0.25) is 0 Å². The van der Waals surface area contributed by atoms with Crippen molar-refractivity contribution in [3.63, 3.8) is 0 Å². The number of nitrogens with zero attached hydrogens (tertiary/aromatic N) is 1. The molecule has 0 saturated heterocycles. The maximum absolute atomic E-state index is 5.94. The van der Waals surface area contributed by atoms with E-state index in [1.165, 1.54) is 10.3 Å². The Morgan fingerprint density at radius 1 is 1.16 bits per heavy atom. The van der Waals surface area contributed by atoms with Crippen molar-refractivity contribution >= 4 is 27.2 Å². The van der Waals surface area contributed by atoms with E-state index in [2.05, 4.69) is 30.1 Å². The number of fused-ring (bicyclic) bond motifs is 1. The number of rotatable bonds is 2. The lowest BCUT2D eigenvalue weighted by molar-refractivity contribution is 0.417. The molecular weight excluding hydrogens is 256 g/mol. The molecule has 2 N–H and O–H groups in total. The molecule has 4 heteroatoms. The Labute approximate surface area is 115 Å². The molecule has 1 aromatic heterocycles. The van der Waals surface area contributed by atoms with Gasteiger partial charge in [0.05, 0.1) is 23.0 Å². The number of ether oxygens (including phenoxy) is 1. The fourth-order valence-corrected chi connectivity index (χ4v) is 3.08. The quantitative estimate of drug-likeness (QED) is 0.719. The molecule has 0 bridgehead atoms. The molecular formula is C15H14N2OS. The van der Waals surface area contributed by atoms with Gasteiger partial charge in [0.2, 0.25) is 0 Å². The molecule has 0 unspecified atom stereocenters. The highest BCUT2D eigenvalue weighted by atomic mass is 32.1. The highest BCUT2D eigenvalue weighted by molar-refractivity contribution is 7.21. The second kappa shape index (κ2) is 4.55. The molecule has 3 nitrogen and oxygen atoms in total. The highest BCUT2D eigenvalue weighted by Crippen LogP contribution is 2.33. The maximum atomic E-state index is 5.94. The van der Waals surface area contributed by atoms with Crippen molar-refractivity contribution in [2.24, 2.45) is 0 Å². The third kappa shape index (κ3) is 2.15. The number of aryl methyl sites for hydroxylation is 1. The van der Waals surface area contributed by atoms with Crippen LogP contribution in [-0.4, -0.2) is 12.1 Å². The summed E-state index contributed by atoms with van der Waals surface area (Å²) in [6, 6.07) is 12.1. The van der Waals surface area contributed by atoms with E-state index >= 15 is 0 Å². The van der Waals surface area contributed by atoms with Gasteiger partial charge < -0.3 is 10.5 Å². The minimum Gasteiger partial charge on any atom is -0.495 e. The first-order valence-electron chi connectivity index (χ1n) is 5.98. The van der Waals surface area contributed by atoms with Gasteiger partial charge in [0.15, 0.2) is 0 Å². The standard InChI is InChI=1S/C15H14N2OS/c1-9-3-5-12-14(7-9)19-15(17-12)10-4-6-13(18-2)11(16)8-10/h3-8H,16H2,1-2H3. The lowest BCUT2D eigenvalue weighted by atomic mass is 10.2. The van der Waals surface area contributed by atoms with Crippen LogP contribution in [0.2, 0.25) is 0 Å². The summed E-state index contributed by atoms with van der Waals surface area (Å²) in [4.78, 5) is 4.64. The van der Waals surface area contributed by atoms with Gasteiger partial charge in [-0.05, 0) is 42.8 Å². The van der Waals surface area contributed by atoms with Crippen molar-refractivity contribution in [2.45, 2.75) is 6.92 Å². The molecule has 19 heavy (non-hydrogen) atoms. The van der Waals surface area contributed by atoms with Crippen LogP contribution < -0.4 is 10.5 Å². The number of hydrogen-bond donors (Lipinski definition) is 1. The van der Waals surface area contributed by atoms with Gasteiger partial charge in [0.1, 0.15) is 10.8 Å². The molecule has 0 atom stereocenters. The van der Waals surface area contributed by atoms with Crippen LogP contribution in [0.4, 0.5) is 5.69 Å². The zero-order valence-electron chi connectivity index (χ0n) is 10.8. The number of methoxy groups -OCH3 is 1. The second-order valence-corrected chi connectivity index (χ2v) is 5.48. The van der Waals surface area contributed by atoms with E-state index in [4.69, 9.17) is 10.5 Å². The van der Waals surface area contributed by atoms with Crippen molar-refractivity contribution in [3.05, 3.63) is 42.0 Å². The Morgan fingerprint density at radius 2 is 2.00 bits per heavy atom. The molecule has 0 radical (unpaired) electrons. The molecule has 0 saturated carbocycles. The SMILES string of the molecule is COc1ccc(-c2nc3ccc(C)cc3s2)cc1N. The molecule has 2 aromatic carbocycles. The highest BCUT2D eigenvalue weighted by Gasteiger charge is 2.08. The van der Waals surface area contributed by atoms with Gasteiger partial charge in [-0.1, -0.05) is 6.07 Å². The number of benzene rings is 2. The molecule has 0 aliphatic heterocycles. The maximum Gasteiger partial charge on any atom is 0.141 e. The van der Waals surface area contributed by atoms with E-state index in [-0.39, 0.29) is 0 Å². The number of anilines is 1. The molecule has 0 spiro atoms. The van der Waals surface area contributed by atoms with E-state index in [0.717, 1.165) is 16.1 Å². The molecule has 0 fully saturated rings. The molecule has 0 aliphatic rings. The van der Waals surface area contributed by atoms with Crippen molar-refractivity contribution in [1.82, 2.24) is 4.98 Å². The van der Waals surface area contributed by atoms with Crippen LogP contribution in [0, 0.1) is 6.92 Å². The number of nitrogen functional groups attached to an aromatic ring is 1. The Kier molecular flexibility index (Phi) is 2.87. The van der Waals surface area contributed by atoms with Crippen LogP contribution in [0.3, 0.4) is 0 Å². The predicted molar refractivity (Wildman–Crippen MR) is 80.8 cm³/mol. The van der Waals surface area contributed by atoms with Gasteiger partial charge in [0, 0.05) is 5.56 Å². The lowest BCUT2D eigenvalue weighted by Crippen LogP contribution is -1.92. The summed E-state index contributed by atoms with van der Waals surface area (Å²) in [5.41, 5.74) is 9.87. The van der Waals surface area contributed by atoms with Crippen molar-refractivity contribution < 1.29 is 4.74 Å². The van der Waals surface area contributed by atoms with Gasteiger partial charge in [0.25, 0.3) is 0 Å². The van der Waals surface area contributed by atoms with Crippen molar-refractivity contribution in [3.8, 4) is 16.3 Å². The average molecular weight is 270 g/mol. The minimum atomic E-state index is 0.635. The van der Waals surface area contributed by atoms with E-state index in [9.17, 15) is 0 Å². The molecule has 3 rings (SSSR count). The Balaban J connectivity index is 2.11. The van der Waals surface area contributed by atoms with E-state index in [1.54, 1.807) is 18.4 Å². The summed E-state index contributed by atoms with van der Waals surface area (Å²) >= 11 is 1.68. The first kappa shape index (κ1) is 12.0. The summed E-state index contributed by atoms with van der Waals surface area (Å²) in [7, 11) is 1.62. The molecule has 0 amide bonds. The van der Waals surface area contributed by atoms with Crippen LogP contribution in [0.5, 0.6) is 5.75 Å². The predicted octanol–water partition coefficient (Wildman–Crippen LogP) is 3.86. The van der Waals surface area contributed by atoms with Gasteiger partial charge in [-0.15, -0.1) is 11.3 Å². The van der Waals surface area contributed by atoms with Gasteiger partial charge in [-0.2, -0.15) is 0 Å². The van der Waals surface area contributed by atoms with Crippen LogP contribution in [0.1, 0.15) is 5.56 Å².